The quantitative estimate of drug-likeness (QED) is 0.871. The van der Waals surface area contributed by atoms with Crippen molar-refractivity contribution in [3.8, 4) is 0 Å². The van der Waals surface area contributed by atoms with Gasteiger partial charge >= 0.3 is 0 Å². The molecule has 0 bridgehead atoms. The fourth-order valence-electron chi connectivity index (χ4n) is 2.78. The Balaban J connectivity index is 1.84. The largest absolute Gasteiger partial charge is 0.355 e. The average Bonchev–Trinajstić information content (AvgIpc) is 2.89. The van der Waals surface area contributed by atoms with Crippen LogP contribution in [0.2, 0.25) is 5.02 Å². The zero-order chi connectivity index (χ0) is 13.7. The van der Waals surface area contributed by atoms with E-state index in [9.17, 15) is 4.79 Å². The van der Waals surface area contributed by atoms with E-state index in [1.54, 1.807) is 0 Å². The molecule has 3 nitrogen and oxygen atoms in total. The fourth-order valence-corrected chi connectivity index (χ4v) is 2.99. The molecule has 1 fully saturated rings. The molecule has 2 rings (SSSR count). The van der Waals surface area contributed by atoms with Crippen molar-refractivity contribution >= 4 is 17.5 Å². The lowest BCUT2D eigenvalue weighted by Crippen LogP contribution is -2.44. The molecular formula is C15H21ClN2O. The van der Waals surface area contributed by atoms with Gasteiger partial charge in [-0.25, -0.2) is 0 Å². The molecule has 1 amide bonds. The molecule has 0 spiro atoms. The van der Waals surface area contributed by atoms with Gasteiger partial charge in [-0.15, -0.1) is 0 Å². The first kappa shape index (κ1) is 14.4. The minimum atomic E-state index is -0.311. The third kappa shape index (κ3) is 3.48. The van der Waals surface area contributed by atoms with Crippen LogP contribution in [0.5, 0.6) is 0 Å². The van der Waals surface area contributed by atoms with Crippen LogP contribution < -0.4 is 11.1 Å². The van der Waals surface area contributed by atoms with Gasteiger partial charge in [0.05, 0.1) is 5.41 Å². The Bertz CT molecular complexity index is 442. The zero-order valence-electron chi connectivity index (χ0n) is 11.1. The summed E-state index contributed by atoms with van der Waals surface area (Å²) in [5.74, 6) is 0.120. The van der Waals surface area contributed by atoms with Gasteiger partial charge in [0, 0.05) is 18.1 Å². The van der Waals surface area contributed by atoms with Gasteiger partial charge in [0.25, 0.3) is 0 Å². The molecule has 0 aliphatic heterocycles. The molecule has 0 saturated heterocycles. The van der Waals surface area contributed by atoms with E-state index in [1.807, 2.05) is 24.3 Å². The summed E-state index contributed by atoms with van der Waals surface area (Å²) in [6.45, 7) is 1.09. The van der Waals surface area contributed by atoms with Crippen LogP contribution in [0.3, 0.4) is 0 Å². The minimum Gasteiger partial charge on any atom is -0.355 e. The molecule has 0 radical (unpaired) electrons. The Morgan fingerprint density at radius 3 is 2.74 bits per heavy atom. The summed E-state index contributed by atoms with van der Waals surface area (Å²) in [5, 5.41) is 3.76. The van der Waals surface area contributed by atoms with Crippen molar-refractivity contribution in [1.82, 2.24) is 5.32 Å². The highest BCUT2D eigenvalue weighted by atomic mass is 35.5. The maximum atomic E-state index is 12.2. The molecule has 0 atom stereocenters. The SMILES string of the molecule is NCC1(C(=O)NCCc2cccc(Cl)c2)CCCC1. The van der Waals surface area contributed by atoms with Gasteiger partial charge < -0.3 is 11.1 Å². The molecular weight excluding hydrogens is 260 g/mol. The Hall–Kier alpha value is -1.06. The second-order valence-corrected chi connectivity index (χ2v) is 5.76. The Labute approximate surface area is 119 Å². The summed E-state index contributed by atoms with van der Waals surface area (Å²) >= 11 is 5.93. The van der Waals surface area contributed by atoms with E-state index in [1.165, 1.54) is 0 Å². The van der Waals surface area contributed by atoms with Crippen LogP contribution in [0.15, 0.2) is 24.3 Å². The predicted octanol–water partition coefficient (Wildman–Crippen LogP) is 2.52. The van der Waals surface area contributed by atoms with Gasteiger partial charge in [-0.2, -0.15) is 0 Å². The number of nitrogens with two attached hydrogens (primary N) is 1. The molecule has 104 valence electrons. The number of halogens is 1. The predicted molar refractivity (Wildman–Crippen MR) is 78.1 cm³/mol. The molecule has 1 aromatic carbocycles. The lowest BCUT2D eigenvalue weighted by molar-refractivity contribution is -0.130. The van der Waals surface area contributed by atoms with Crippen LogP contribution in [0.4, 0.5) is 0 Å². The molecule has 1 saturated carbocycles. The smallest absolute Gasteiger partial charge is 0.227 e. The summed E-state index contributed by atoms with van der Waals surface area (Å²) in [5.41, 5.74) is 6.62. The standard InChI is InChI=1S/C15H21ClN2O/c16-13-5-3-4-12(10-13)6-9-18-14(19)15(11-17)7-1-2-8-15/h3-5,10H,1-2,6-9,11,17H2,(H,18,19). The van der Waals surface area contributed by atoms with E-state index in [0.717, 1.165) is 42.7 Å². The molecule has 4 heteroatoms. The van der Waals surface area contributed by atoms with Crippen molar-refractivity contribution in [3.63, 3.8) is 0 Å². The minimum absolute atomic E-state index is 0.120. The van der Waals surface area contributed by atoms with Crippen molar-refractivity contribution in [2.24, 2.45) is 11.1 Å². The van der Waals surface area contributed by atoms with E-state index in [4.69, 9.17) is 17.3 Å². The first-order valence-electron chi connectivity index (χ1n) is 6.89. The topological polar surface area (TPSA) is 55.1 Å². The van der Waals surface area contributed by atoms with E-state index >= 15 is 0 Å². The highest BCUT2D eigenvalue weighted by Crippen LogP contribution is 2.37. The number of hydrogen-bond acceptors (Lipinski definition) is 2. The van der Waals surface area contributed by atoms with Crippen molar-refractivity contribution in [1.29, 1.82) is 0 Å². The first-order chi connectivity index (χ1) is 9.16. The number of carbonyl (C=O) groups is 1. The molecule has 19 heavy (non-hydrogen) atoms. The van der Waals surface area contributed by atoms with E-state index < -0.39 is 0 Å². The average molecular weight is 281 g/mol. The third-order valence-electron chi connectivity index (χ3n) is 4.02. The van der Waals surface area contributed by atoms with Crippen LogP contribution in [0, 0.1) is 5.41 Å². The molecule has 0 heterocycles. The summed E-state index contributed by atoms with van der Waals surface area (Å²) in [7, 11) is 0. The summed E-state index contributed by atoms with van der Waals surface area (Å²) < 4.78 is 0. The van der Waals surface area contributed by atoms with Gasteiger partial charge in [-0.05, 0) is 37.0 Å². The van der Waals surface area contributed by atoms with Crippen molar-refractivity contribution < 1.29 is 4.79 Å². The lowest BCUT2D eigenvalue weighted by Gasteiger charge is -2.25. The number of benzene rings is 1. The molecule has 0 aromatic heterocycles. The molecule has 1 aliphatic carbocycles. The third-order valence-corrected chi connectivity index (χ3v) is 4.26. The van der Waals surface area contributed by atoms with Crippen LogP contribution in [-0.4, -0.2) is 19.0 Å². The van der Waals surface area contributed by atoms with Crippen LogP contribution in [0.25, 0.3) is 0 Å². The van der Waals surface area contributed by atoms with Crippen LogP contribution in [0.1, 0.15) is 31.2 Å². The Morgan fingerprint density at radius 2 is 2.11 bits per heavy atom. The van der Waals surface area contributed by atoms with Crippen molar-refractivity contribution in [2.75, 3.05) is 13.1 Å². The lowest BCUT2D eigenvalue weighted by atomic mass is 9.85. The number of carbonyl (C=O) groups excluding carboxylic acids is 1. The van der Waals surface area contributed by atoms with E-state index in [-0.39, 0.29) is 11.3 Å². The fraction of sp³-hybridized carbons (Fsp3) is 0.533. The second-order valence-electron chi connectivity index (χ2n) is 5.33. The summed E-state index contributed by atoms with van der Waals surface area (Å²) in [6, 6.07) is 7.73. The summed E-state index contributed by atoms with van der Waals surface area (Å²) in [4.78, 5) is 12.2. The number of amides is 1. The highest BCUT2D eigenvalue weighted by molar-refractivity contribution is 6.30. The Morgan fingerprint density at radius 1 is 1.37 bits per heavy atom. The number of hydrogen-bond donors (Lipinski definition) is 2. The molecule has 1 aliphatic rings. The normalized spacial score (nSPS) is 17.4. The molecule has 1 aromatic rings. The maximum Gasteiger partial charge on any atom is 0.227 e. The van der Waals surface area contributed by atoms with Crippen molar-refractivity contribution in [3.05, 3.63) is 34.9 Å². The molecule has 0 unspecified atom stereocenters. The van der Waals surface area contributed by atoms with Gasteiger partial charge in [-0.3, -0.25) is 4.79 Å². The van der Waals surface area contributed by atoms with E-state index in [2.05, 4.69) is 5.32 Å². The van der Waals surface area contributed by atoms with Gasteiger partial charge in [0.15, 0.2) is 0 Å². The maximum absolute atomic E-state index is 12.2. The van der Waals surface area contributed by atoms with E-state index in [0.29, 0.717) is 13.1 Å². The van der Waals surface area contributed by atoms with Gasteiger partial charge in [0.2, 0.25) is 5.91 Å². The zero-order valence-corrected chi connectivity index (χ0v) is 11.9. The van der Waals surface area contributed by atoms with Gasteiger partial charge in [0.1, 0.15) is 0 Å². The number of nitrogens with one attached hydrogen (secondary N) is 1. The van der Waals surface area contributed by atoms with Crippen molar-refractivity contribution in [2.45, 2.75) is 32.1 Å². The molecule has 3 N–H and O–H groups in total. The first-order valence-corrected chi connectivity index (χ1v) is 7.27. The highest BCUT2D eigenvalue weighted by Gasteiger charge is 2.39. The summed E-state index contributed by atoms with van der Waals surface area (Å²) in [6.07, 6.45) is 4.86. The monoisotopic (exact) mass is 280 g/mol. The Kier molecular flexibility index (Phi) is 4.83. The van der Waals surface area contributed by atoms with Gasteiger partial charge in [-0.1, -0.05) is 36.6 Å². The van der Waals surface area contributed by atoms with Crippen LogP contribution in [-0.2, 0) is 11.2 Å². The number of rotatable bonds is 5. The second kappa shape index (κ2) is 6.40. The van der Waals surface area contributed by atoms with Crippen LogP contribution >= 0.6 is 11.6 Å².